The van der Waals surface area contributed by atoms with Crippen LogP contribution in [0.5, 0.6) is 0 Å². The molecule has 1 atom stereocenters. The Bertz CT molecular complexity index is 1080. The van der Waals surface area contributed by atoms with E-state index in [9.17, 15) is 9.59 Å². The Balaban J connectivity index is 1.40. The average Bonchev–Trinajstić information content (AvgIpc) is 3.20. The predicted molar refractivity (Wildman–Crippen MR) is 117 cm³/mol. The van der Waals surface area contributed by atoms with Crippen LogP contribution in [0.2, 0.25) is 0 Å². The van der Waals surface area contributed by atoms with E-state index < -0.39 is 5.91 Å². The number of benzene rings is 1. The maximum absolute atomic E-state index is 12.8. The van der Waals surface area contributed by atoms with E-state index in [1.807, 2.05) is 42.5 Å². The zero-order valence-electron chi connectivity index (χ0n) is 17.5. The maximum Gasteiger partial charge on any atom is 0.317 e. The number of rotatable bonds is 5. The minimum absolute atomic E-state index is 0.00400. The summed E-state index contributed by atoms with van der Waals surface area (Å²) in [4.78, 5) is 30.7. The number of hydrogen-bond donors (Lipinski definition) is 2. The third kappa shape index (κ3) is 4.74. The van der Waals surface area contributed by atoms with Crippen molar-refractivity contribution >= 4 is 11.9 Å². The molecule has 8 heteroatoms. The number of likely N-dealkylation sites (tertiary alicyclic amines) is 1. The number of aryl methyl sites for hydroxylation is 1. The van der Waals surface area contributed by atoms with Gasteiger partial charge >= 0.3 is 6.03 Å². The number of urea groups is 1. The highest BCUT2D eigenvalue weighted by Crippen LogP contribution is 2.28. The molecule has 0 saturated carbocycles. The van der Waals surface area contributed by atoms with Crippen LogP contribution < -0.4 is 11.1 Å². The molecule has 0 radical (unpaired) electrons. The van der Waals surface area contributed by atoms with E-state index in [-0.39, 0.29) is 11.9 Å². The van der Waals surface area contributed by atoms with Crippen molar-refractivity contribution in [3.05, 3.63) is 71.7 Å². The van der Waals surface area contributed by atoms with Crippen molar-refractivity contribution < 1.29 is 9.59 Å². The van der Waals surface area contributed by atoms with Crippen molar-refractivity contribution in [3.63, 3.8) is 0 Å². The number of aromatic nitrogens is 3. The molecule has 0 bridgehead atoms. The van der Waals surface area contributed by atoms with Crippen molar-refractivity contribution in [2.24, 2.45) is 12.8 Å². The van der Waals surface area contributed by atoms with Crippen LogP contribution in [0.3, 0.4) is 0 Å². The fraction of sp³-hybridized carbons (Fsp3) is 0.304. The molecular weight excluding hydrogens is 392 g/mol. The van der Waals surface area contributed by atoms with Gasteiger partial charge in [0.25, 0.3) is 5.91 Å². The Labute approximate surface area is 181 Å². The van der Waals surface area contributed by atoms with Crippen molar-refractivity contribution in [2.45, 2.75) is 25.3 Å². The Morgan fingerprint density at radius 2 is 2.10 bits per heavy atom. The molecule has 0 aliphatic carbocycles. The number of nitrogens with one attached hydrogen (secondary N) is 1. The summed E-state index contributed by atoms with van der Waals surface area (Å²) < 4.78 is 1.60. The fourth-order valence-electron chi connectivity index (χ4n) is 4.05. The molecular formula is C23H26N6O2. The van der Waals surface area contributed by atoms with Crippen molar-refractivity contribution in [1.29, 1.82) is 0 Å². The Morgan fingerprint density at radius 3 is 2.87 bits per heavy atom. The summed E-state index contributed by atoms with van der Waals surface area (Å²) in [6.07, 6.45) is 5.13. The van der Waals surface area contributed by atoms with Crippen LogP contribution in [0.1, 0.15) is 40.4 Å². The van der Waals surface area contributed by atoms with Gasteiger partial charge in [0.15, 0.2) is 0 Å². The second-order valence-electron chi connectivity index (χ2n) is 7.83. The van der Waals surface area contributed by atoms with Gasteiger partial charge in [-0.2, -0.15) is 5.10 Å². The highest BCUT2D eigenvalue weighted by molar-refractivity contribution is 5.93. The minimum atomic E-state index is -0.488. The fourth-order valence-corrected chi connectivity index (χ4v) is 4.05. The zero-order valence-corrected chi connectivity index (χ0v) is 17.5. The molecule has 3 heterocycles. The number of carbonyl (C=O) groups is 2. The second kappa shape index (κ2) is 8.99. The second-order valence-corrected chi connectivity index (χ2v) is 7.83. The van der Waals surface area contributed by atoms with Crippen molar-refractivity contribution in [1.82, 2.24) is 25.0 Å². The molecule has 8 nitrogen and oxygen atoms in total. The summed E-state index contributed by atoms with van der Waals surface area (Å²) in [5.41, 5.74) is 9.53. The first-order valence-electron chi connectivity index (χ1n) is 10.4. The Morgan fingerprint density at radius 1 is 1.23 bits per heavy atom. The van der Waals surface area contributed by atoms with Crippen LogP contribution in [0, 0.1) is 0 Å². The summed E-state index contributed by atoms with van der Waals surface area (Å²) in [5, 5.41) is 7.44. The van der Waals surface area contributed by atoms with Gasteiger partial charge in [-0.05, 0) is 36.6 Å². The molecule has 1 aliphatic heterocycles. The van der Waals surface area contributed by atoms with Gasteiger partial charge in [0.1, 0.15) is 0 Å². The number of pyridine rings is 1. The lowest BCUT2D eigenvalue weighted by atomic mass is 9.92. The van der Waals surface area contributed by atoms with Crippen LogP contribution in [-0.2, 0) is 13.6 Å². The van der Waals surface area contributed by atoms with E-state index in [0.717, 1.165) is 29.7 Å². The molecule has 0 spiro atoms. The van der Waals surface area contributed by atoms with E-state index in [0.29, 0.717) is 30.9 Å². The van der Waals surface area contributed by atoms with Crippen molar-refractivity contribution in [3.8, 4) is 11.3 Å². The minimum Gasteiger partial charge on any atom is -0.365 e. The van der Waals surface area contributed by atoms with Crippen LogP contribution >= 0.6 is 0 Å². The van der Waals surface area contributed by atoms with E-state index in [1.54, 1.807) is 29.0 Å². The molecule has 1 fully saturated rings. The smallest absolute Gasteiger partial charge is 0.317 e. The average molecular weight is 419 g/mol. The van der Waals surface area contributed by atoms with Crippen molar-refractivity contribution in [2.75, 3.05) is 13.1 Å². The number of piperidine rings is 1. The lowest BCUT2D eigenvalue weighted by Crippen LogP contribution is -2.45. The quantitative estimate of drug-likeness (QED) is 0.664. The molecule has 31 heavy (non-hydrogen) atoms. The third-order valence-electron chi connectivity index (χ3n) is 5.55. The van der Waals surface area contributed by atoms with E-state index in [2.05, 4.69) is 15.4 Å². The molecule has 2 aromatic heterocycles. The molecule has 4 rings (SSSR count). The normalized spacial score (nSPS) is 16.2. The van der Waals surface area contributed by atoms with Gasteiger partial charge in [-0.1, -0.05) is 24.3 Å². The largest absolute Gasteiger partial charge is 0.365 e. The lowest BCUT2D eigenvalue weighted by Gasteiger charge is -2.32. The molecule has 3 N–H and O–H groups in total. The summed E-state index contributed by atoms with van der Waals surface area (Å²) in [7, 11) is 1.77. The lowest BCUT2D eigenvalue weighted by molar-refractivity contribution is 0.0998. The van der Waals surface area contributed by atoms with Gasteiger partial charge in [-0.15, -0.1) is 0 Å². The molecule has 1 aromatic carbocycles. The highest BCUT2D eigenvalue weighted by Gasteiger charge is 2.29. The summed E-state index contributed by atoms with van der Waals surface area (Å²) >= 11 is 0. The summed E-state index contributed by atoms with van der Waals surface area (Å²) in [6, 6.07) is 13.7. The van der Waals surface area contributed by atoms with E-state index >= 15 is 0 Å². The molecule has 1 saturated heterocycles. The molecule has 0 unspecified atom stereocenters. The maximum atomic E-state index is 12.8. The summed E-state index contributed by atoms with van der Waals surface area (Å²) in [6.45, 7) is 1.61. The van der Waals surface area contributed by atoms with Gasteiger partial charge in [-0.3, -0.25) is 14.5 Å². The number of hydrogen-bond acceptors (Lipinski definition) is 4. The first-order valence-corrected chi connectivity index (χ1v) is 10.4. The van der Waals surface area contributed by atoms with Crippen LogP contribution in [-0.4, -0.2) is 44.7 Å². The predicted octanol–water partition coefficient (Wildman–Crippen LogP) is 2.67. The first kappa shape index (κ1) is 20.6. The SMILES string of the molecule is Cn1cc(C(N)=O)c([C@@H]2CCCN(C(=O)NCc3cccc(-c4ccccn4)c3)C2)n1. The Kier molecular flexibility index (Phi) is 5.97. The summed E-state index contributed by atoms with van der Waals surface area (Å²) in [5.74, 6) is -0.492. The third-order valence-corrected chi connectivity index (χ3v) is 5.55. The Hall–Kier alpha value is -3.68. The molecule has 160 valence electrons. The molecule has 3 amide bonds. The van der Waals surface area contributed by atoms with Gasteiger partial charge in [0.05, 0.1) is 17.0 Å². The van der Waals surface area contributed by atoms with Gasteiger partial charge < -0.3 is 16.0 Å². The van der Waals surface area contributed by atoms with Crippen LogP contribution in [0.25, 0.3) is 11.3 Å². The van der Waals surface area contributed by atoms with Gasteiger partial charge in [0, 0.05) is 50.6 Å². The first-order chi connectivity index (χ1) is 15.0. The standard InChI is InChI=1S/C23H26N6O2/c1-28-15-19(22(24)30)21(27-28)18-8-5-11-29(14-18)23(31)26-13-16-6-4-7-17(12-16)20-9-2-3-10-25-20/h2-4,6-7,9-10,12,15,18H,5,8,11,13-14H2,1H3,(H2,24,30)(H,26,31)/t18-/m1/s1. The number of primary amides is 1. The number of nitrogens with two attached hydrogens (primary N) is 1. The monoisotopic (exact) mass is 418 g/mol. The van der Waals surface area contributed by atoms with E-state index in [4.69, 9.17) is 5.73 Å². The molecule has 3 aromatic rings. The van der Waals surface area contributed by atoms with Crippen LogP contribution in [0.4, 0.5) is 4.79 Å². The number of amides is 3. The van der Waals surface area contributed by atoms with Gasteiger partial charge in [-0.25, -0.2) is 4.79 Å². The zero-order chi connectivity index (χ0) is 21.8. The molecule has 1 aliphatic rings. The van der Waals surface area contributed by atoms with Gasteiger partial charge in [0.2, 0.25) is 0 Å². The number of carbonyl (C=O) groups excluding carboxylic acids is 2. The van der Waals surface area contributed by atoms with E-state index in [1.165, 1.54) is 0 Å². The topological polar surface area (TPSA) is 106 Å². The number of nitrogens with zero attached hydrogens (tertiary/aromatic N) is 4. The van der Waals surface area contributed by atoms with Crippen LogP contribution in [0.15, 0.2) is 54.9 Å². The highest BCUT2D eigenvalue weighted by atomic mass is 16.2.